The van der Waals surface area contributed by atoms with Crippen molar-refractivity contribution >= 4 is 28.5 Å². The number of benzene rings is 2. The molecule has 0 saturated carbocycles. The zero-order chi connectivity index (χ0) is 26.8. The largest absolute Gasteiger partial charge is 0.497 e. The number of likely N-dealkylation sites (tertiary alicyclic amines) is 1. The van der Waals surface area contributed by atoms with Gasteiger partial charge in [0, 0.05) is 42.8 Å². The number of rotatable bonds is 6. The number of nitrogens with zero attached hydrogens (tertiary/aromatic N) is 4. The highest BCUT2D eigenvalue weighted by atomic mass is 16.5. The first kappa shape index (κ1) is 24.4. The molecule has 0 aliphatic carbocycles. The Hall–Kier alpha value is -4.92. The molecule has 3 aromatic heterocycles. The van der Waals surface area contributed by atoms with Crippen LogP contribution in [0.1, 0.15) is 45.4 Å². The van der Waals surface area contributed by atoms with Crippen molar-refractivity contribution in [3.63, 3.8) is 0 Å². The standard InChI is InChI=1S/C30H27N5O4/c1-38-25-6-7-27-22(16-25)17-28(39-27)29(36)33-23-4-2-20(3-5-23)21-9-13-34(14-10-21)30(37)26-18-24(8-11-32-26)35-15-12-31-19-35/h2-8,11-12,15-19,21H,9-10,13-14H2,1H3,(H,33,36). The summed E-state index contributed by atoms with van der Waals surface area (Å²) < 4.78 is 12.8. The van der Waals surface area contributed by atoms with Crippen molar-refractivity contribution in [3.8, 4) is 11.4 Å². The highest BCUT2D eigenvalue weighted by Gasteiger charge is 2.25. The molecule has 6 rings (SSSR count). The van der Waals surface area contributed by atoms with Gasteiger partial charge in [0.15, 0.2) is 5.76 Å². The number of piperidine rings is 1. The number of anilines is 1. The predicted octanol–water partition coefficient (Wildman–Crippen LogP) is 5.29. The first-order valence-corrected chi connectivity index (χ1v) is 12.8. The number of amides is 2. The molecule has 2 amide bonds. The number of furan rings is 1. The van der Waals surface area contributed by atoms with Gasteiger partial charge in [0.2, 0.25) is 0 Å². The van der Waals surface area contributed by atoms with Gasteiger partial charge in [-0.2, -0.15) is 0 Å². The lowest BCUT2D eigenvalue weighted by Crippen LogP contribution is -2.38. The van der Waals surface area contributed by atoms with E-state index in [1.165, 1.54) is 5.56 Å². The Morgan fingerprint density at radius 1 is 1.00 bits per heavy atom. The maximum Gasteiger partial charge on any atom is 0.291 e. The Morgan fingerprint density at radius 3 is 2.56 bits per heavy atom. The number of carbonyl (C=O) groups excluding carboxylic acids is 2. The number of pyridine rings is 1. The number of carbonyl (C=O) groups is 2. The third kappa shape index (κ3) is 5.11. The number of ether oxygens (including phenoxy) is 1. The van der Waals surface area contributed by atoms with E-state index in [9.17, 15) is 9.59 Å². The van der Waals surface area contributed by atoms with E-state index in [-0.39, 0.29) is 17.6 Å². The second kappa shape index (κ2) is 10.4. The van der Waals surface area contributed by atoms with Crippen molar-refractivity contribution in [2.75, 3.05) is 25.5 Å². The van der Waals surface area contributed by atoms with E-state index in [1.54, 1.807) is 50.1 Å². The van der Waals surface area contributed by atoms with Crippen molar-refractivity contribution in [3.05, 3.63) is 103 Å². The number of imidazole rings is 1. The Bertz CT molecular complexity index is 1620. The van der Waals surface area contributed by atoms with Gasteiger partial charge in [-0.25, -0.2) is 4.98 Å². The maximum atomic E-state index is 13.1. The number of aromatic nitrogens is 3. The van der Waals surface area contributed by atoms with Crippen LogP contribution in [-0.4, -0.2) is 51.4 Å². The minimum atomic E-state index is -0.310. The van der Waals surface area contributed by atoms with Crippen LogP contribution in [0.15, 0.2) is 90.0 Å². The summed E-state index contributed by atoms with van der Waals surface area (Å²) in [6, 6.07) is 18.7. The first-order valence-electron chi connectivity index (χ1n) is 12.8. The summed E-state index contributed by atoms with van der Waals surface area (Å²) >= 11 is 0. The molecule has 0 atom stereocenters. The van der Waals surface area contributed by atoms with Crippen molar-refractivity contribution in [2.24, 2.45) is 0 Å². The molecule has 0 bridgehead atoms. The van der Waals surface area contributed by atoms with E-state index >= 15 is 0 Å². The Morgan fingerprint density at radius 2 is 1.82 bits per heavy atom. The smallest absolute Gasteiger partial charge is 0.291 e. The van der Waals surface area contributed by atoms with E-state index in [2.05, 4.69) is 15.3 Å². The third-order valence-corrected chi connectivity index (χ3v) is 7.13. The number of methoxy groups -OCH3 is 1. The highest BCUT2D eigenvalue weighted by Crippen LogP contribution is 2.30. The SMILES string of the molecule is COc1ccc2oc(C(=O)Nc3ccc(C4CCN(C(=O)c5cc(-n6ccnc6)ccn5)CC4)cc3)cc2c1. The molecule has 1 saturated heterocycles. The molecule has 5 aromatic rings. The van der Waals surface area contributed by atoms with Gasteiger partial charge in [0.25, 0.3) is 11.8 Å². The van der Waals surface area contributed by atoms with Crippen LogP contribution >= 0.6 is 0 Å². The molecule has 0 radical (unpaired) electrons. The number of nitrogens with one attached hydrogen (secondary N) is 1. The van der Waals surface area contributed by atoms with Crippen LogP contribution < -0.4 is 10.1 Å². The van der Waals surface area contributed by atoms with E-state index in [4.69, 9.17) is 9.15 Å². The molecule has 196 valence electrons. The van der Waals surface area contributed by atoms with Crippen molar-refractivity contribution in [2.45, 2.75) is 18.8 Å². The van der Waals surface area contributed by atoms with E-state index in [0.29, 0.717) is 41.7 Å². The summed E-state index contributed by atoms with van der Waals surface area (Å²) in [6.07, 6.45) is 8.61. The molecule has 1 aliphatic rings. The highest BCUT2D eigenvalue weighted by molar-refractivity contribution is 6.04. The molecule has 1 aliphatic heterocycles. The average Bonchev–Trinajstić information content (AvgIpc) is 3.68. The summed E-state index contributed by atoms with van der Waals surface area (Å²) in [5.41, 5.74) is 3.80. The van der Waals surface area contributed by atoms with E-state index < -0.39 is 0 Å². The minimum absolute atomic E-state index is 0.0579. The van der Waals surface area contributed by atoms with Crippen LogP contribution in [0.2, 0.25) is 0 Å². The quantitative estimate of drug-likeness (QED) is 0.326. The summed E-state index contributed by atoms with van der Waals surface area (Å²) in [5.74, 6) is 0.921. The molecule has 2 aromatic carbocycles. The second-order valence-corrected chi connectivity index (χ2v) is 9.53. The summed E-state index contributed by atoms with van der Waals surface area (Å²) in [7, 11) is 1.60. The van der Waals surface area contributed by atoms with Gasteiger partial charge in [-0.1, -0.05) is 12.1 Å². The van der Waals surface area contributed by atoms with Gasteiger partial charge in [-0.15, -0.1) is 0 Å². The van der Waals surface area contributed by atoms with Gasteiger partial charge in [-0.05, 0) is 72.9 Å². The summed E-state index contributed by atoms with van der Waals surface area (Å²) in [5, 5.41) is 3.71. The zero-order valence-electron chi connectivity index (χ0n) is 21.4. The van der Waals surface area contributed by atoms with E-state index in [1.807, 2.05) is 52.1 Å². The molecular formula is C30H27N5O4. The topological polar surface area (TPSA) is 102 Å². The minimum Gasteiger partial charge on any atom is -0.497 e. The number of fused-ring (bicyclic) bond motifs is 1. The predicted molar refractivity (Wildman–Crippen MR) is 146 cm³/mol. The molecular weight excluding hydrogens is 494 g/mol. The van der Waals surface area contributed by atoms with E-state index in [0.717, 1.165) is 23.9 Å². The van der Waals surface area contributed by atoms with Crippen LogP contribution in [0, 0.1) is 0 Å². The Labute approximate surface area is 225 Å². The molecule has 1 N–H and O–H groups in total. The van der Waals surface area contributed by atoms with Gasteiger partial charge < -0.3 is 23.9 Å². The molecule has 0 unspecified atom stereocenters. The monoisotopic (exact) mass is 521 g/mol. The zero-order valence-corrected chi connectivity index (χ0v) is 21.4. The van der Waals surface area contributed by atoms with Crippen molar-refractivity contribution in [1.82, 2.24) is 19.4 Å². The van der Waals surface area contributed by atoms with Crippen LogP contribution in [0.5, 0.6) is 5.75 Å². The second-order valence-electron chi connectivity index (χ2n) is 9.53. The van der Waals surface area contributed by atoms with Crippen molar-refractivity contribution < 1.29 is 18.7 Å². The maximum absolute atomic E-state index is 13.1. The Kier molecular flexibility index (Phi) is 6.54. The van der Waals surface area contributed by atoms with Gasteiger partial charge in [0.1, 0.15) is 17.0 Å². The lowest BCUT2D eigenvalue weighted by molar-refractivity contribution is 0.0707. The molecule has 4 heterocycles. The lowest BCUT2D eigenvalue weighted by Gasteiger charge is -2.32. The van der Waals surface area contributed by atoms with Gasteiger partial charge in [0.05, 0.1) is 19.1 Å². The van der Waals surface area contributed by atoms with Crippen molar-refractivity contribution in [1.29, 1.82) is 0 Å². The Balaban J connectivity index is 1.06. The van der Waals surface area contributed by atoms with Gasteiger partial charge in [-0.3, -0.25) is 14.6 Å². The summed E-state index contributed by atoms with van der Waals surface area (Å²) in [4.78, 5) is 36.1. The van der Waals surface area contributed by atoms with Crippen LogP contribution in [0.4, 0.5) is 5.69 Å². The third-order valence-electron chi connectivity index (χ3n) is 7.13. The first-order chi connectivity index (χ1) is 19.1. The lowest BCUT2D eigenvalue weighted by atomic mass is 9.89. The molecule has 1 fully saturated rings. The fourth-order valence-corrected chi connectivity index (χ4v) is 4.98. The van der Waals surface area contributed by atoms with Gasteiger partial charge >= 0.3 is 0 Å². The van der Waals surface area contributed by atoms with Crippen LogP contribution in [0.25, 0.3) is 16.7 Å². The number of hydrogen-bond donors (Lipinski definition) is 1. The normalized spacial score (nSPS) is 13.9. The molecule has 39 heavy (non-hydrogen) atoms. The average molecular weight is 522 g/mol. The molecule has 9 nitrogen and oxygen atoms in total. The number of hydrogen-bond acceptors (Lipinski definition) is 6. The molecule has 0 spiro atoms. The fraction of sp³-hybridized carbons (Fsp3) is 0.200. The van der Waals surface area contributed by atoms with Crippen LogP contribution in [-0.2, 0) is 0 Å². The van der Waals surface area contributed by atoms with Crippen LogP contribution in [0.3, 0.4) is 0 Å². The fourth-order valence-electron chi connectivity index (χ4n) is 4.98. The molecule has 9 heteroatoms. The summed E-state index contributed by atoms with van der Waals surface area (Å²) in [6.45, 7) is 1.33.